The van der Waals surface area contributed by atoms with E-state index in [9.17, 15) is 4.79 Å². The van der Waals surface area contributed by atoms with E-state index < -0.39 is 0 Å². The molecule has 0 saturated carbocycles. The van der Waals surface area contributed by atoms with E-state index >= 15 is 0 Å². The van der Waals surface area contributed by atoms with Crippen LogP contribution in [0.25, 0.3) is 6.08 Å². The lowest BCUT2D eigenvalue weighted by Crippen LogP contribution is -2.29. The quantitative estimate of drug-likeness (QED) is 0.591. The number of hydrogen-bond donors (Lipinski definition) is 1. The summed E-state index contributed by atoms with van der Waals surface area (Å²) in [6.45, 7) is 8.37. The van der Waals surface area contributed by atoms with Crippen molar-refractivity contribution in [3.05, 3.63) is 29.8 Å². The largest absolute Gasteiger partial charge is 0.454 e. The monoisotopic (exact) mass is 304 g/mol. The van der Waals surface area contributed by atoms with E-state index in [0.717, 1.165) is 43.1 Å². The second kappa shape index (κ2) is 8.44. The van der Waals surface area contributed by atoms with Gasteiger partial charge in [-0.1, -0.05) is 19.9 Å². The molecule has 0 fully saturated rings. The molecule has 0 saturated heterocycles. The molecular formula is C17H24N2O3. The van der Waals surface area contributed by atoms with Crippen LogP contribution in [-0.2, 0) is 4.79 Å². The van der Waals surface area contributed by atoms with Gasteiger partial charge < -0.3 is 19.7 Å². The van der Waals surface area contributed by atoms with Gasteiger partial charge in [-0.25, -0.2) is 0 Å². The Morgan fingerprint density at radius 3 is 2.82 bits per heavy atom. The van der Waals surface area contributed by atoms with Crippen molar-refractivity contribution in [1.82, 2.24) is 10.2 Å². The number of nitrogens with zero attached hydrogens (tertiary/aromatic N) is 1. The number of carbonyl (C=O) groups is 1. The van der Waals surface area contributed by atoms with Crippen LogP contribution in [0.3, 0.4) is 0 Å². The average Bonchev–Trinajstić information content (AvgIpc) is 3.00. The molecule has 0 unspecified atom stereocenters. The molecule has 1 aromatic carbocycles. The zero-order valence-corrected chi connectivity index (χ0v) is 13.3. The SMILES string of the molecule is CCN(CC)CCCNC(=O)C=Cc1ccc2c(c1)OCO2. The number of fused-ring (bicyclic) bond motifs is 1. The van der Waals surface area contributed by atoms with Crippen molar-refractivity contribution in [2.45, 2.75) is 20.3 Å². The summed E-state index contributed by atoms with van der Waals surface area (Å²) in [4.78, 5) is 14.1. The average molecular weight is 304 g/mol. The van der Waals surface area contributed by atoms with Crippen LogP contribution in [-0.4, -0.2) is 43.8 Å². The van der Waals surface area contributed by atoms with Crippen LogP contribution in [0.4, 0.5) is 0 Å². The Hall–Kier alpha value is -2.01. The van der Waals surface area contributed by atoms with E-state index in [1.807, 2.05) is 18.2 Å². The van der Waals surface area contributed by atoms with E-state index in [2.05, 4.69) is 24.1 Å². The van der Waals surface area contributed by atoms with Crippen LogP contribution in [0.15, 0.2) is 24.3 Å². The summed E-state index contributed by atoms with van der Waals surface area (Å²) < 4.78 is 10.6. The van der Waals surface area contributed by atoms with E-state index in [1.165, 1.54) is 0 Å². The second-order valence-electron chi connectivity index (χ2n) is 5.12. The summed E-state index contributed by atoms with van der Waals surface area (Å²) in [5.74, 6) is 1.40. The molecule has 1 aliphatic rings. The molecule has 1 aromatic rings. The Balaban J connectivity index is 1.72. The second-order valence-corrected chi connectivity index (χ2v) is 5.12. The van der Waals surface area contributed by atoms with E-state index in [4.69, 9.17) is 9.47 Å². The number of ether oxygens (including phenoxy) is 2. The molecule has 1 heterocycles. The number of amides is 1. The fourth-order valence-electron chi connectivity index (χ4n) is 2.30. The topological polar surface area (TPSA) is 50.8 Å². The zero-order valence-electron chi connectivity index (χ0n) is 13.3. The van der Waals surface area contributed by atoms with E-state index in [0.29, 0.717) is 6.54 Å². The molecular weight excluding hydrogens is 280 g/mol. The van der Waals surface area contributed by atoms with Crippen LogP contribution in [0.2, 0.25) is 0 Å². The van der Waals surface area contributed by atoms with Gasteiger partial charge in [0, 0.05) is 12.6 Å². The zero-order chi connectivity index (χ0) is 15.8. The van der Waals surface area contributed by atoms with Crippen LogP contribution in [0.5, 0.6) is 11.5 Å². The predicted octanol–water partition coefficient (Wildman–Crippen LogP) is 2.28. The maximum Gasteiger partial charge on any atom is 0.243 e. The molecule has 5 nitrogen and oxygen atoms in total. The van der Waals surface area contributed by atoms with Gasteiger partial charge in [-0.3, -0.25) is 4.79 Å². The minimum atomic E-state index is -0.0720. The molecule has 1 amide bonds. The highest BCUT2D eigenvalue weighted by molar-refractivity contribution is 5.91. The van der Waals surface area contributed by atoms with Crippen LogP contribution >= 0.6 is 0 Å². The van der Waals surface area contributed by atoms with Crippen molar-refractivity contribution < 1.29 is 14.3 Å². The molecule has 22 heavy (non-hydrogen) atoms. The summed E-state index contributed by atoms with van der Waals surface area (Å²) in [7, 11) is 0. The summed E-state index contributed by atoms with van der Waals surface area (Å²) in [6, 6.07) is 5.62. The van der Waals surface area contributed by atoms with Crippen molar-refractivity contribution >= 4 is 12.0 Å². The van der Waals surface area contributed by atoms with Crippen molar-refractivity contribution in [3.63, 3.8) is 0 Å². The number of rotatable bonds is 8. The minimum absolute atomic E-state index is 0.0720. The first-order chi connectivity index (χ1) is 10.7. The first-order valence-electron chi connectivity index (χ1n) is 7.80. The van der Waals surface area contributed by atoms with Gasteiger partial charge in [-0.2, -0.15) is 0 Å². The van der Waals surface area contributed by atoms with Crippen LogP contribution < -0.4 is 14.8 Å². The van der Waals surface area contributed by atoms with Crippen molar-refractivity contribution in [3.8, 4) is 11.5 Å². The lowest BCUT2D eigenvalue weighted by Gasteiger charge is -2.17. The van der Waals surface area contributed by atoms with Crippen molar-refractivity contribution in [1.29, 1.82) is 0 Å². The van der Waals surface area contributed by atoms with Crippen molar-refractivity contribution in [2.75, 3.05) is 33.0 Å². The highest BCUT2D eigenvalue weighted by Crippen LogP contribution is 2.32. The highest BCUT2D eigenvalue weighted by Gasteiger charge is 2.12. The van der Waals surface area contributed by atoms with Gasteiger partial charge in [0.15, 0.2) is 11.5 Å². The summed E-state index contributed by atoms with van der Waals surface area (Å²) in [6.07, 6.45) is 4.29. The third-order valence-corrected chi connectivity index (χ3v) is 3.67. The molecule has 0 radical (unpaired) electrons. The maximum atomic E-state index is 11.8. The predicted molar refractivity (Wildman–Crippen MR) is 87.0 cm³/mol. The molecule has 2 rings (SSSR count). The van der Waals surface area contributed by atoms with Gasteiger partial charge in [-0.05, 0) is 49.8 Å². The third kappa shape index (κ3) is 4.77. The van der Waals surface area contributed by atoms with Gasteiger partial charge in [0.2, 0.25) is 12.7 Å². The minimum Gasteiger partial charge on any atom is -0.454 e. The van der Waals surface area contributed by atoms with Gasteiger partial charge in [0.1, 0.15) is 0 Å². The van der Waals surface area contributed by atoms with Crippen LogP contribution in [0, 0.1) is 0 Å². The summed E-state index contributed by atoms with van der Waals surface area (Å²) in [5.41, 5.74) is 0.919. The van der Waals surface area contributed by atoms with Crippen molar-refractivity contribution in [2.24, 2.45) is 0 Å². The molecule has 0 aromatic heterocycles. The molecule has 0 atom stereocenters. The third-order valence-electron chi connectivity index (χ3n) is 3.67. The first-order valence-corrected chi connectivity index (χ1v) is 7.80. The van der Waals surface area contributed by atoms with Gasteiger partial charge in [0.05, 0.1) is 0 Å². The maximum absolute atomic E-state index is 11.8. The lowest BCUT2D eigenvalue weighted by atomic mass is 10.2. The number of benzene rings is 1. The van der Waals surface area contributed by atoms with Crippen LogP contribution in [0.1, 0.15) is 25.8 Å². The van der Waals surface area contributed by atoms with Gasteiger partial charge in [0.25, 0.3) is 0 Å². The first kappa shape index (κ1) is 16.4. The summed E-state index contributed by atoms with van der Waals surface area (Å²) >= 11 is 0. The molecule has 1 N–H and O–H groups in total. The van der Waals surface area contributed by atoms with E-state index in [-0.39, 0.29) is 12.7 Å². The normalized spacial score (nSPS) is 13.0. The Bertz CT molecular complexity index is 525. The number of nitrogens with one attached hydrogen (secondary N) is 1. The Kier molecular flexibility index (Phi) is 6.27. The lowest BCUT2D eigenvalue weighted by molar-refractivity contribution is -0.116. The fourth-order valence-corrected chi connectivity index (χ4v) is 2.30. The highest BCUT2D eigenvalue weighted by atomic mass is 16.7. The smallest absolute Gasteiger partial charge is 0.243 e. The molecule has 120 valence electrons. The number of hydrogen-bond acceptors (Lipinski definition) is 4. The Morgan fingerprint density at radius 1 is 1.27 bits per heavy atom. The van der Waals surface area contributed by atoms with E-state index in [1.54, 1.807) is 12.2 Å². The number of carbonyl (C=O) groups excluding carboxylic acids is 1. The van der Waals surface area contributed by atoms with Gasteiger partial charge >= 0.3 is 0 Å². The molecule has 5 heteroatoms. The Labute approximate surface area is 131 Å². The van der Waals surface area contributed by atoms with Gasteiger partial charge in [-0.15, -0.1) is 0 Å². The fraction of sp³-hybridized carbons (Fsp3) is 0.471. The molecule has 1 aliphatic heterocycles. The molecule has 0 spiro atoms. The standard InChI is InChI=1S/C17H24N2O3/c1-3-19(4-2)11-5-10-18-17(20)9-7-14-6-8-15-16(12-14)22-13-21-15/h6-9,12H,3-5,10-11,13H2,1-2H3,(H,18,20). The Morgan fingerprint density at radius 2 is 2.05 bits per heavy atom. The molecule has 0 bridgehead atoms. The molecule has 0 aliphatic carbocycles. The summed E-state index contributed by atoms with van der Waals surface area (Å²) in [5, 5.41) is 2.90.